The Morgan fingerprint density at radius 1 is 1.14 bits per heavy atom. The molecule has 3 nitrogen and oxygen atoms in total. The summed E-state index contributed by atoms with van der Waals surface area (Å²) in [7, 11) is 3.32. The lowest BCUT2D eigenvalue weighted by atomic mass is 10.0. The first-order chi connectivity index (χ1) is 6.85. The second-order valence-electron chi connectivity index (χ2n) is 3.25. The molecule has 0 spiro atoms. The van der Waals surface area contributed by atoms with E-state index in [9.17, 15) is 0 Å². The van der Waals surface area contributed by atoms with E-state index in [0.717, 1.165) is 24.5 Å². The molecule has 1 N–H and O–H groups in total. The van der Waals surface area contributed by atoms with Gasteiger partial charge in [0.05, 0.1) is 14.2 Å². The Balaban J connectivity index is 2.50. The molecule has 0 atom stereocenters. The summed E-state index contributed by atoms with van der Waals surface area (Å²) >= 11 is 0. The average Bonchev–Trinajstić information content (AvgIpc) is 2.27. The first-order valence-corrected chi connectivity index (χ1v) is 4.66. The normalized spacial score (nSPS) is 13.6. The Hall–Kier alpha value is -1.51. The maximum atomic E-state index is 5.24. The number of fused-ring (bicyclic) bond motifs is 1. The fourth-order valence-electron chi connectivity index (χ4n) is 1.68. The quantitative estimate of drug-likeness (QED) is 0.701. The highest BCUT2D eigenvalue weighted by molar-refractivity contribution is 5.80. The van der Waals surface area contributed by atoms with Gasteiger partial charge in [-0.05, 0) is 17.7 Å². The van der Waals surface area contributed by atoms with Crippen LogP contribution < -0.4 is 14.5 Å². The molecule has 0 amide bonds. The maximum Gasteiger partial charge on any atom is 0.169 e. The van der Waals surface area contributed by atoms with Crippen molar-refractivity contribution in [3.8, 4) is 11.5 Å². The van der Waals surface area contributed by atoms with Gasteiger partial charge in [-0.15, -0.1) is 0 Å². The van der Waals surface area contributed by atoms with Gasteiger partial charge in [0.25, 0.3) is 0 Å². The Morgan fingerprint density at radius 2 is 1.86 bits per heavy atom. The highest BCUT2D eigenvalue weighted by atomic mass is 16.5. The summed E-state index contributed by atoms with van der Waals surface area (Å²) in [5.74, 6) is 1.59. The fraction of sp³-hybridized carbons (Fsp3) is 0.364. The monoisotopic (exact) mass is 192 g/mol. The minimum Gasteiger partial charge on any atom is -0.493 e. The van der Waals surface area contributed by atoms with Crippen molar-refractivity contribution in [3.63, 3.8) is 0 Å². The van der Waals surface area contributed by atoms with Gasteiger partial charge in [0.2, 0.25) is 0 Å². The number of hydrogen-bond acceptors (Lipinski definition) is 2. The number of rotatable bonds is 2. The van der Waals surface area contributed by atoms with E-state index in [-0.39, 0.29) is 0 Å². The standard InChI is InChI=1S/C11H13NO2/c1-13-10-5-8-3-4-12-7-9(8)6-11(10)14-2/h5-7H,3-4H2,1-2H3/p+1. The van der Waals surface area contributed by atoms with Gasteiger partial charge in [-0.2, -0.15) is 0 Å². The van der Waals surface area contributed by atoms with Crippen molar-refractivity contribution in [2.45, 2.75) is 6.42 Å². The molecular formula is C11H14NO2+. The third kappa shape index (κ3) is 1.45. The lowest BCUT2D eigenvalue weighted by Crippen LogP contribution is -2.71. The summed E-state index contributed by atoms with van der Waals surface area (Å²) in [4.78, 5) is 3.21. The average molecular weight is 192 g/mol. The summed E-state index contributed by atoms with van der Waals surface area (Å²) in [6.07, 6.45) is 3.05. The number of ether oxygens (including phenoxy) is 2. The van der Waals surface area contributed by atoms with Crippen LogP contribution in [0.4, 0.5) is 0 Å². The molecule has 1 aromatic rings. The Kier molecular flexibility index (Phi) is 2.39. The van der Waals surface area contributed by atoms with Gasteiger partial charge in [-0.1, -0.05) is 0 Å². The molecule has 0 unspecified atom stereocenters. The van der Waals surface area contributed by atoms with Crippen LogP contribution >= 0.6 is 0 Å². The zero-order valence-electron chi connectivity index (χ0n) is 8.46. The van der Waals surface area contributed by atoms with Crippen molar-refractivity contribution in [3.05, 3.63) is 23.3 Å². The number of nitrogens with one attached hydrogen (secondary N) is 1. The van der Waals surface area contributed by atoms with Gasteiger partial charge in [-0.3, -0.25) is 0 Å². The minimum atomic E-state index is 0.784. The van der Waals surface area contributed by atoms with Gasteiger partial charge >= 0.3 is 0 Å². The van der Waals surface area contributed by atoms with Gasteiger partial charge in [0.15, 0.2) is 17.7 Å². The predicted octanol–water partition coefficient (Wildman–Crippen LogP) is -0.241. The lowest BCUT2D eigenvalue weighted by Gasteiger charge is -2.12. The molecule has 1 aliphatic heterocycles. The van der Waals surface area contributed by atoms with Crippen LogP contribution in [-0.2, 0) is 6.42 Å². The Morgan fingerprint density at radius 3 is 2.57 bits per heavy atom. The summed E-state index contributed by atoms with van der Waals surface area (Å²) < 4.78 is 10.5. The van der Waals surface area contributed by atoms with Crippen molar-refractivity contribution < 1.29 is 14.5 Å². The van der Waals surface area contributed by atoms with E-state index < -0.39 is 0 Å². The summed E-state index contributed by atoms with van der Waals surface area (Å²) in [5, 5.41) is 0. The first kappa shape index (κ1) is 9.06. The van der Waals surface area contributed by atoms with Gasteiger partial charge < -0.3 is 9.47 Å². The zero-order chi connectivity index (χ0) is 9.97. The molecule has 3 heteroatoms. The van der Waals surface area contributed by atoms with Crippen LogP contribution in [0.15, 0.2) is 12.1 Å². The van der Waals surface area contributed by atoms with E-state index >= 15 is 0 Å². The van der Waals surface area contributed by atoms with Gasteiger partial charge in [0.1, 0.15) is 6.54 Å². The number of benzene rings is 1. The fourth-order valence-corrected chi connectivity index (χ4v) is 1.68. The van der Waals surface area contributed by atoms with Crippen LogP contribution in [0, 0.1) is 0 Å². The molecule has 0 bridgehead atoms. The first-order valence-electron chi connectivity index (χ1n) is 4.66. The molecule has 0 fully saturated rings. The summed E-state index contributed by atoms with van der Waals surface area (Å²) in [6, 6.07) is 4.05. The summed E-state index contributed by atoms with van der Waals surface area (Å²) in [6.45, 7) is 0.989. The third-order valence-electron chi connectivity index (χ3n) is 2.44. The van der Waals surface area contributed by atoms with E-state index in [4.69, 9.17) is 9.47 Å². The van der Waals surface area contributed by atoms with E-state index in [1.165, 1.54) is 11.1 Å². The van der Waals surface area contributed by atoms with Crippen molar-refractivity contribution in [1.29, 1.82) is 0 Å². The van der Waals surface area contributed by atoms with Crippen molar-refractivity contribution in [1.82, 2.24) is 0 Å². The largest absolute Gasteiger partial charge is 0.493 e. The molecular weight excluding hydrogens is 178 g/mol. The number of methoxy groups -OCH3 is 2. The zero-order valence-corrected chi connectivity index (χ0v) is 8.46. The highest BCUT2D eigenvalue weighted by Gasteiger charge is 2.14. The van der Waals surface area contributed by atoms with E-state index in [0.29, 0.717) is 0 Å². The molecule has 1 aromatic carbocycles. The topological polar surface area (TPSA) is 32.4 Å². The molecule has 0 saturated heterocycles. The molecule has 1 aliphatic rings. The lowest BCUT2D eigenvalue weighted by molar-refractivity contribution is -0.452. The second kappa shape index (κ2) is 3.70. The molecule has 0 radical (unpaired) electrons. The van der Waals surface area contributed by atoms with Crippen LogP contribution in [0.2, 0.25) is 0 Å². The van der Waals surface area contributed by atoms with Crippen molar-refractivity contribution in [2.75, 3.05) is 20.8 Å². The van der Waals surface area contributed by atoms with E-state index in [1.807, 2.05) is 18.3 Å². The summed E-state index contributed by atoms with van der Waals surface area (Å²) in [5.41, 5.74) is 2.50. The Bertz CT molecular complexity index is 372. The smallest absolute Gasteiger partial charge is 0.169 e. The SMILES string of the molecule is COc1cc2c(cc1OC)CC[NH+]=C2. The van der Waals surface area contributed by atoms with E-state index in [1.54, 1.807) is 14.2 Å². The predicted molar refractivity (Wildman–Crippen MR) is 54.2 cm³/mol. The Labute approximate surface area is 83.4 Å². The van der Waals surface area contributed by atoms with Crippen LogP contribution in [0.25, 0.3) is 0 Å². The van der Waals surface area contributed by atoms with E-state index in [2.05, 4.69) is 4.99 Å². The van der Waals surface area contributed by atoms with Crippen molar-refractivity contribution >= 4 is 6.21 Å². The molecule has 0 aromatic heterocycles. The molecule has 14 heavy (non-hydrogen) atoms. The molecule has 2 rings (SSSR count). The minimum absolute atomic E-state index is 0.784. The van der Waals surface area contributed by atoms with Crippen molar-refractivity contribution in [2.24, 2.45) is 0 Å². The maximum absolute atomic E-state index is 5.24. The van der Waals surface area contributed by atoms with Crippen LogP contribution in [0.5, 0.6) is 11.5 Å². The number of hydrogen-bond donors (Lipinski definition) is 1. The molecule has 0 aliphatic carbocycles. The third-order valence-corrected chi connectivity index (χ3v) is 2.44. The van der Waals surface area contributed by atoms with Gasteiger partial charge in [0, 0.05) is 12.0 Å². The van der Waals surface area contributed by atoms with Crippen LogP contribution in [0.3, 0.4) is 0 Å². The van der Waals surface area contributed by atoms with Crippen LogP contribution in [0.1, 0.15) is 11.1 Å². The highest BCUT2D eigenvalue weighted by Crippen LogP contribution is 2.30. The molecule has 1 heterocycles. The van der Waals surface area contributed by atoms with Crippen LogP contribution in [-0.4, -0.2) is 27.0 Å². The molecule has 0 saturated carbocycles. The second-order valence-corrected chi connectivity index (χ2v) is 3.25. The van der Waals surface area contributed by atoms with Gasteiger partial charge in [-0.25, -0.2) is 4.99 Å². The molecule has 74 valence electrons.